The van der Waals surface area contributed by atoms with Gasteiger partial charge in [0.05, 0.1) is 36.5 Å². The molecule has 0 unspecified atom stereocenters. The fourth-order valence-corrected chi connectivity index (χ4v) is 16.8. The van der Waals surface area contributed by atoms with E-state index in [1.165, 1.54) is 123 Å². The number of urea groups is 1. The molecule has 3 aromatic heterocycles. The second kappa shape index (κ2) is 50.2. The van der Waals surface area contributed by atoms with Crippen molar-refractivity contribution < 1.29 is 102 Å². The number of aromatic hydroxyl groups is 2. The van der Waals surface area contributed by atoms with Gasteiger partial charge in [-0.2, -0.15) is 23.5 Å². The minimum Gasteiger partial charge on any atom is -0.508 e. The number of ketones is 2. The molecule has 8 rings (SSSR count). The Hall–Kier alpha value is -13.3. The van der Waals surface area contributed by atoms with Crippen molar-refractivity contribution in [2.45, 2.75) is 229 Å². The van der Waals surface area contributed by atoms with Crippen molar-refractivity contribution in [3.05, 3.63) is 173 Å². The maximum atomic E-state index is 15.4. The van der Waals surface area contributed by atoms with Gasteiger partial charge in [-0.3, -0.25) is 71.9 Å². The van der Waals surface area contributed by atoms with E-state index in [4.69, 9.17) is 11.5 Å². The number of nitrogens with one attached hydrogen (secondary N) is 14. The molecule has 1 aliphatic heterocycles. The molecular weight excluding hydrogens is 1750 g/mol. The van der Waals surface area contributed by atoms with E-state index in [0.29, 0.717) is 50.1 Å². The number of H-pyrrole nitrogens is 2. The van der Waals surface area contributed by atoms with Gasteiger partial charge < -0.3 is 111 Å². The zero-order valence-electron chi connectivity index (χ0n) is 74.5. The van der Waals surface area contributed by atoms with Crippen LogP contribution in [0.15, 0.2) is 134 Å². The summed E-state index contributed by atoms with van der Waals surface area (Å²) >= 11 is 2.41. The molecule has 1 aliphatic rings. The number of aromatic nitrogens is 4. The van der Waals surface area contributed by atoms with Gasteiger partial charge in [-0.1, -0.05) is 108 Å². The number of phenols is 2. The van der Waals surface area contributed by atoms with Crippen molar-refractivity contribution in [2.75, 3.05) is 16.8 Å². The number of carbonyl (C=O) groups is 16. The van der Waals surface area contributed by atoms with Crippen LogP contribution < -0.4 is 75.3 Å². The minimum atomic E-state index is -1.97. The van der Waals surface area contributed by atoms with E-state index in [0.717, 1.165) is 6.92 Å². The average molecular weight is 1860 g/mol. The highest BCUT2D eigenvalue weighted by Gasteiger charge is 2.42. The molecule has 14 amide bonds. The number of nitrogens with two attached hydrogens (primary N) is 2. The van der Waals surface area contributed by atoms with Crippen molar-refractivity contribution >= 4 is 135 Å². The maximum absolute atomic E-state index is 15.4. The van der Waals surface area contributed by atoms with Crippen LogP contribution in [0.4, 0.5) is 10.5 Å². The number of primary amides is 2. The second-order valence-corrected chi connectivity index (χ2v) is 35.8. The Kier molecular flexibility index (Phi) is 39.6. The highest BCUT2D eigenvalue weighted by atomic mass is 32.2. The molecule has 4 heterocycles. The number of benzene rings is 4. The normalized spacial score (nSPS) is 22.5. The largest absolute Gasteiger partial charge is 0.508 e. The van der Waals surface area contributed by atoms with Gasteiger partial charge in [0.1, 0.15) is 71.5 Å². The van der Waals surface area contributed by atoms with E-state index in [2.05, 4.69) is 83.7 Å². The lowest BCUT2D eigenvalue weighted by molar-refractivity contribution is -0.139. The Labute approximate surface area is 770 Å². The summed E-state index contributed by atoms with van der Waals surface area (Å²) in [5.41, 5.74) is 14.0. The molecule has 4 aromatic carbocycles. The number of Topliss-reactive ketones (excluding diaryl/α,β-unsaturated/α-hetero) is 2. The predicted octanol–water partition coefficient (Wildman–Crippen LogP) is 2.14. The summed E-state index contributed by atoms with van der Waals surface area (Å²) in [6.07, 6.45) is -1.65. The number of aliphatic hydroxyl groups excluding tert-OH is 2. The fourth-order valence-electron chi connectivity index (χ4n) is 14.7. The fraction of sp³-hybridized carbons (Fsp3) is 0.451. The standard InChI is InChI=1S/C91H118N18O21S2/c1-9-13-65-82(122)100-64(30-31-74(117)118)72(115)38-56(34-51-20-26-61(113)27-21-51)80(120)101-66(14-10-2)83(123)107-76(49(4)111)88(128)106-71(78(92)119)46-132-44-55-16-11-15-54(33-55)43-131-45-58(39-73(116)67(98-50(5)112)35-52-18-24-59(25-19-52)99-90(93)130)81(121)109-77(91(6,7)8)89(129)105-68(36-53-22-28-62(114)29-23-53)84(124)103-70(40-60-42-94-47-97-60)86(126)108-75(48(3)110)87(127)104-69(85(125)102-65)37-57-41-96-79-63(57)17-12-32-95-79/h11-12,15-29,32-33,41-42,47-49,56,58,64-71,75-77,110-111,113-114H,9-10,13-14,30-31,34-40,43-46H2,1-8H3,(H2,92,119)(H,94,97)(H,95,96)(H,98,112)(H,100,122)(H,101,120)(H,102,125)(H,103,124)(H,104,127)(H,105,129)(H,106,128)(H,107,123)(H,108,126)(H,109,121)(H,117,118)(H3,93,99,130)/t48-,49-,56-,58+,64+,65+,66+,67+,68+,69+,70+,71+,75+,76+,77-/m1/s1. The Bertz CT molecular complexity index is 5190. The maximum Gasteiger partial charge on any atom is 0.316 e. The molecule has 132 heavy (non-hydrogen) atoms. The number of nitrogens with zero attached hydrogens (tertiary/aromatic N) is 2. The van der Waals surface area contributed by atoms with Crippen molar-refractivity contribution in [1.29, 1.82) is 0 Å². The highest BCUT2D eigenvalue weighted by Crippen LogP contribution is 2.28. The first-order chi connectivity index (χ1) is 62.6. The van der Waals surface area contributed by atoms with Gasteiger partial charge in [0.2, 0.25) is 70.9 Å². The van der Waals surface area contributed by atoms with E-state index in [1.807, 2.05) is 6.07 Å². The van der Waals surface area contributed by atoms with Gasteiger partial charge >= 0.3 is 12.0 Å². The summed E-state index contributed by atoms with van der Waals surface area (Å²) < 4.78 is 0. The lowest BCUT2D eigenvalue weighted by Crippen LogP contribution is -2.63. The van der Waals surface area contributed by atoms with Gasteiger partial charge in [-0.25, -0.2) is 14.8 Å². The number of hydrogen-bond acceptors (Lipinski definition) is 24. The summed E-state index contributed by atoms with van der Waals surface area (Å²) in [4.78, 5) is 244. The number of rotatable bonds is 25. The molecule has 0 saturated heterocycles. The van der Waals surface area contributed by atoms with Gasteiger partial charge in [0, 0.05) is 110 Å². The van der Waals surface area contributed by atoms with Crippen LogP contribution >= 0.6 is 23.5 Å². The van der Waals surface area contributed by atoms with Gasteiger partial charge in [0.25, 0.3) is 0 Å². The van der Waals surface area contributed by atoms with Gasteiger partial charge in [-0.15, -0.1) is 0 Å². The van der Waals surface area contributed by atoms with Crippen LogP contribution in [-0.2, 0) is 116 Å². The van der Waals surface area contributed by atoms with Gasteiger partial charge in [0.15, 0.2) is 11.6 Å². The Morgan fingerprint density at radius 3 is 1.61 bits per heavy atom. The summed E-state index contributed by atoms with van der Waals surface area (Å²) in [7, 11) is 0. The molecule has 2 bridgehead atoms. The van der Waals surface area contributed by atoms with Crippen molar-refractivity contribution in [3.8, 4) is 11.5 Å². The van der Waals surface area contributed by atoms with Crippen molar-refractivity contribution in [2.24, 2.45) is 28.7 Å². The number of pyridine rings is 1. The Morgan fingerprint density at radius 2 is 1.05 bits per heavy atom. The van der Waals surface area contributed by atoms with Crippen LogP contribution in [0.1, 0.15) is 146 Å². The Morgan fingerprint density at radius 1 is 0.545 bits per heavy atom. The number of amides is 14. The predicted molar refractivity (Wildman–Crippen MR) is 490 cm³/mol. The summed E-state index contributed by atoms with van der Waals surface area (Å²) in [5, 5.41) is 85.4. The first-order valence-electron chi connectivity index (χ1n) is 43.2. The number of carbonyl (C=O) groups excluding carboxylic acids is 15. The first kappa shape index (κ1) is 104. The monoisotopic (exact) mass is 1860 g/mol. The first-order valence-corrected chi connectivity index (χ1v) is 45.5. The van der Waals surface area contributed by atoms with E-state index >= 15 is 28.8 Å². The summed E-state index contributed by atoms with van der Waals surface area (Å²) in [6.45, 7) is 11.8. The molecule has 7 aromatic rings. The molecule has 41 heteroatoms. The number of fused-ring (bicyclic) bond motifs is 3. The topological polar surface area (TPSA) is 628 Å². The smallest absolute Gasteiger partial charge is 0.316 e. The number of phenolic OH excluding ortho intramolecular Hbond substituents is 2. The van der Waals surface area contributed by atoms with Crippen LogP contribution in [0.25, 0.3) is 11.0 Å². The molecule has 0 radical (unpaired) electrons. The van der Waals surface area contributed by atoms with Crippen LogP contribution in [0.2, 0.25) is 0 Å². The lowest BCUT2D eigenvalue weighted by atomic mass is 9.85. The van der Waals surface area contributed by atoms with Gasteiger partial charge in [-0.05, 0) is 133 Å². The zero-order chi connectivity index (χ0) is 96.6. The average Bonchev–Trinajstić information content (AvgIpc) is 1.15. The molecule has 0 spiro atoms. The minimum absolute atomic E-state index is 0.0789. The van der Waals surface area contributed by atoms with Crippen LogP contribution in [-0.4, -0.2) is 230 Å². The third-order valence-electron chi connectivity index (χ3n) is 21.8. The lowest BCUT2D eigenvalue weighted by Gasteiger charge is -2.33. The molecule has 15 atom stereocenters. The van der Waals surface area contributed by atoms with Crippen LogP contribution in [0.3, 0.4) is 0 Å². The molecule has 23 N–H and O–H groups in total. The zero-order valence-corrected chi connectivity index (χ0v) is 76.1. The third kappa shape index (κ3) is 32.7. The van der Waals surface area contributed by atoms with Crippen LogP contribution in [0, 0.1) is 17.3 Å². The number of aliphatic carboxylic acids is 1. The molecule has 39 nitrogen and oxygen atoms in total. The highest BCUT2D eigenvalue weighted by molar-refractivity contribution is 7.98. The molecule has 0 fully saturated rings. The molecular formula is C91H118N18O21S2. The third-order valence-corrected chi connectivity index (χ3v) is 24.1. The number of hydrogen-bond donors (Lipinski definition) is 21. The number of anilines is 1. The quantitative estimate of drug-likeness (QED) is 0.0390. The number of carboxylic acids is 1. The van der Waals surface area contributed by atoms with E-state index in [9.17, 15) is 73.5 Å². The SMILES string of the molecule is CCC[C@@H]1NC(=O)[C@H](Cc2ccc(O)cc2)CC(=O)[C@H](CCC(=O)O)NC(=O)[C@H](CCC)NC(=O)[C@H](Cc2c[nH]c3ncccc23)NC(=O)[C@H]([C@@H](C)O)NC(=O)[C@H](Cc2cnc[nH]2)NC(=O)[C@H](Cc2ccc(O)cc2)NC(=O)[C@H](C(C)(C)C)NC(=O)[C@@H](CC(=O)[C@H](Cc2ccc(NC(N)=O)cc2)NC(C)=O)CSCc2cccc(c2)CSC[C@@H](C(N)=O)NC(=O)[C@H]([C@@H](C)O)NC1=O. The van der Waals surface area contributed by atoms with E-state index < -0.39 is 222 Å². The summed E-state index contributed by atoms with van der Waals surface area (Å²) in [5.74, 6) is -17.4. The number of thioether (sulfide) groups is 2. The molecule has 0 aliphatic carbocycles. The summed E-state index contributed by atoms with van der Waals surface area (Å²) in [6, 6.07) is 9.33. The molecule has 710 valence electrons. The van der Waals surface area contributed by atoms with Crippen LogP contribution in [0.5, 0.6) is 11.5 Å². The number of aliphatic hydroxyl groups is 2. The Balaban J connectivity index is 1.19. The molecule has 0 saturated carbocycles. The number of imidazole rings is 1. The van der Waals surface area contributed by atoms with E-state index in [-0.39, 0.29) is 91.6 Å². The second-order valence-electron chi connectivity index (χ2n) is 33.8. The van der Waals surface area contributed by atoms with E-state index in [1.54, 1.807) is 77.1 Å². The number of aromatic amines is 2. The van der Waals surface area contributed by atoms with Crippen molar-refractivity contribution in [3.63, 3.8) is 0 Å². The van der Waals surface area contributed by atoms with Crippen molar-refractivity contribution in [1.82, 2.24) is 78.4 Å². The number of carboxylic acid groups (broad SMARTS) is 1.